The quantitative estimate of drug-likeness (QED) is 0.273. The summed E-state index contributed by atoms with van der Waals surface area (Å²) in [5, 5.41) is 0. The highest BCUT2D eigenvalue weighted by atomic mass is 16.5. The second-order valence-corrected chi connectivity index (χ2v) is 14.4. The van der Waals surface area contributed by atoms with E-state index in [4.69, 9.17) is 31.4 Å². The van der Waals surface area contributed by atoms with Crippen molar-refractivity contribution >= 4 is 0 Å². The zero-order chi connectivity index (χ0) is 28.9. The molecular weight excluding hydrogens is 500 g/mol. The molecule has 7 nitrogen and oxygen atoms in total. The Kier molecular flexibility index (Phi) is 11.8. The maximum absolute atomic E-state index is 6.82. The Morgan fingerprint density at radius 1 is 0.875 bits per heavy atom. The van der Waals surface area contributed by atoms with Gasteiger partial charge in [0.1, 0.15) is 0 Å². The first kappa shape index (κ1) is 32.6. The fourth-order valence-corrected chi connectivity index (χ4v) is 10.3. The first-order chi connectivity index (χ1) is 19.2. The molecule has 4 saturated carbocycles. The predicted molar refractivity (Wildman–Crippen MR) is 164 cm³/mol. The Labute approximate surface area is 246 Å². The molecule has 2 unspecified atom stereocenters. The van der Waals surface area contributed by atoms with Crippen molar-refractivity contribution in [2.45, 2.75) is 104 Å². The van der Waals surface area contributed by atoms with Crippen LogP contribution in [0.2, 0.25) is 0 Å². The van der Waals surface area contributed by atoms with Gasteiger partial charge in [0.15, 0.2) is 0 Å². The van der Waals surface area contributed by atoms with E-state index in [-0.39, 0.29) is 17.6 Å². The van der Waals surface area contributed by atoms with Gasteiger partial charge >= 0.3 is 0 Å². The van der Waals surface area contributed by atoms with Crippen LogP contribution in [0.3, 0.4) is 0 Å². The van der Waals surface area contributed by atoms with Crippen LogP contribution in [-0.2, 0) is 14.2 Å². The first-order valence-electron chi connectivity index (χ1n) is 16.9. The van der Waals surface area contributed by atoms with Crippen LogP contribution in [0, 0.1) is 46.3 Å². The molecule has 0 aromatic carbocycles. The van der Waals surface area contributed by atoms with Gasteiger partial charge in [-0.15, -0.1) is 0 Å². The molecule has 4 rings (SSSR count). The number of ether oxygens (including phenoxy) is 3. The molecule has 0 saturated heterocycles. The molecule has 4 aliphatic carbocycles. The Morgan fingerprint density at radius 3 is 2.27 bits per heavy atom. The Hall–Kier alpha value is -0.280. The highest BCUT2D eigenvalue weighted by Crippen LogP contribution is 2.69. The number of fused-ring (bicyclic) bond motifs is 5. The molecule has 0 heterocycles. The lowest BCUT2D eigenvalue weighted by Gasteiger charge is -2.64. The lowest BCUT2D eigenvalue weighted by Crippen LogP contribution is -2.63. The monoisotopic (exact) mass is 564 g/mol. The number of nitrogens with zero attached hydrogens (tertiary/aromatic N) is 1. The van der Waals surface area contributed by atoms with Gasteiger partial charge in [0.05, 0.1) is 38.1 Å². The highest BCUT2D eigenvalue weighted by Gasteiger charge is 2.66. The van der Waals surface area contributed by atoms with E-state index in [1.165, 1.54) is 38.6 Å². The minimum absolute atomic E-state index is 0.168. The van der Waals surface area contributed by atoms with Gasteiger partial charge in [-0.25, -0.2) is 0 Å². The molecule has 0 spiro atoms. The summed E-state index contributed by atoms with van der Waals surface area (Å²) in [5.41, 5.74) is 18.3. The van der Waals surface area contributed by atoms with Crippen LogP contribution in [0.1, 0.15) is 85.5 Å². The van der Waals surface area contributed by atoms with Gasteiger partial charge < -0.3 is 36.3 Å². The first-order valence-corrected chi connectivity index (χ1v) is 16.9. The van der Waals surface area contributed by atoms with E-state index < -0.39 is 0 Å². The number of rotatable bonds is 15. The standard InChI is InChI=1S/C33H64N4O3/c1-6-37(5)16-7-8-23(2)26-9-10-27-31-28(22-30(33(26,27)4)40-19-15-36)32(3)12-11-25(38-17-13-34)20-24(32)21-29(31)39-18-14-35/h23-31H,6-22,34-36H2,1-5H3/t23-,24?,25+,26-,27+,28+,29-,30+,31?,32+,33-/m1/s1. The zero-order valence-corrected chi connectivity index (χ0v) is 26.6. The van der Waals surface area contributed by atoms with Gasteiger partial charge in [-0.3, -0.25) is 0 Å². The van der Waals surface area contributed by atoms with Crippen molar-refractivity contribution in [1.29, 1.82) is 0 Å². The third-order valence-electron chi connectivity index (χ3n) is 12.5. The summed E-state index contributed by atoms with van der Waals surface area (Å²) in [6, 6.07) is 0. The number of hydrogen-bond donors (Lipinski definition) is 3. The summed E-state index contributed by atoms with van der Waals surface area (Å²) in [4.78, 5) is 2.44. The highest BCUT2D eigenvalue weighted by molar-refractivity contribution is 5.15. The summed E-state index contributed by atoms with van der Waals surface area (Å²) >= 11 is 0. The van der Waals surface area contributed by atoms with E-state index in [0.717, 1.165) is 32.2 Å². The van der Waals surface area contributed by atoms with E-state index in [0.29, 0.717) is 86.5 Å². The van der Waals surface area contributed by atoms with Crippen molar-refractivity contribution in [2.24, 2.45) is 63.5 Å². The fraction of sp³-hybridized carbons (Fsp3) is 1.00. The van der Waals surface area contributed by atoms with E-state index in [9.17, 15) is 0 Å². The molecule has 0 aromatic rings. The van der Waals surface area contributed by atoms with Gasteiger partial charge in [-0.1, -0.05) is 27.7 Å². The van der Waals surface area contributed by atoms with E-state index in [2.05, 4.69) is 39.6 Å². The number of hydrogen-bond acceptors (Lipinski definition) is 7. The predicted octanol–water partition coefficient (Wildman–Crippen LogP) is 4.26. The molecule has 0 aromatic heterocycles. The Balaban J connectivity index is 1.61. The van der Waals surface area contributed by atoms with Crippen molar-refractivity contribution in [3.05, 3.63) is 0 Å². The number of nitrogens with two attached hydrogens (primary N) is 3. The molecule has 234 valence electrons. The van der Waals surface area contributed by atoms with Crippen LogP contribution in [0.25, 0.3) is 0 Å². The Morgan fingerprint density at radius 2 is 1.57 bits per heavy atom. The summed E-state index contributed by atoms with van der Waals surface area (Å²) < 4.78 is 19.8. The lowest BCUT2D eigenvalue weighted by molar-refractivity contribution is -0.226. The maximum Gasteiger partial charge on any atom is 0.0637 e. The Bertz CT molecular complexity index is 772. The molecule has 40 heavy (non-hydrogen) atoms. The van der Waals surface area contributed by atoms with Crippen molar-refractivity contribution in [1.82, 2.24) is 4.90 Å². The molecule has 7 heteroatoms. The summed E-state index contributed by atoms with van der Waals surface area (Å²) in [6.45, 7) is 16.1. The van der Waals surface area contributed by atoms with Crippen LogP contribution >= 0.6 is 0 Å². The van der Waals surface area contributed by atoms with Gasteiger partial charge in [-0.2, -0.15) is 0 Å². The summed E-state index contributed by atoms with van der Waals surface area (Å²) in [7, 11) is 2.24. The van der Waals surface area contributed by atoms with Crippen molar-refractivity contribution in [3.63, 3.8) is 0 Å². The minimum atomic E-state index is 0.168. The third-order valence-corrected chi connectivity index (χ3v) is 12.5. The lowest BCUT2D eigenvalue weighted by atomic mass is 9.43. The van der Waals surface area contributed by atoms with Crippen molar-refractivity contribution in [3.8, 4) is 0 Å². The van der Waals surface area contributed by atoms with Crippen LogP contribution in [0.4, 0.5) is 0 Å². The molecule has 11 atom stereocenters. The van der Waals surface area contributed by atoms with Crippen LogP contribution in [0.15, 0.2) is 0 Å². The minimum Gasteiger partial charge on any atom is -0.377 e. The fourth-order valence-electron chi connectivity index (χ4n) is 10.3. The molecule has 0 bridgehead atoms. The van der Waals surface area contributed by atoms with E-state index in [1.54, 1.807) is 0 Å². The zero-order valence-electron chi connectivity index (χ0n) is 26.6. The van der Waals surface area contributed by atoms with Gasteiger partial charge in [-0.05, 0) is 119 Å². The smallest absolute Gasteiger partial charge is 0.0637 e. The SMILES string of the molecule is CCN(C)CCC[C@@H](C)[C@H]1CC[C@H]2C3[C@H](OCCN)CC4C[C@@H](OCCN)CC[C@]4(C)[C@H]3C[C@H](OCCN)[C@]12C. The topological polar surface area (TPSA) is 109 Å². The second kappa shape index (κ2) is 14.5. The molecule has 0 aliphatic heterocycles. The van der Waals surface area contributed by atoms with Crippen LogP contribution < -0.4 is 17.2 Å². The maximum atomic E-state index is 6.82. The van der Waals surface area contributed by atoms with E-state index in [1.807, 2.05) is 0 Å². The second-order valence-electron chi connectivity index (χ2n) is 14.4. The molecule has 4 aliphatic rings. The molecule has 6 N–H and O–H groups in total. The average molecular weight is 565 g/mol. The molecule has 0 amide bonds. The van der Waals surface area contributed by atoms with Gasteiger partial charge in [0.25, 0.3) is 0 Å². The summed E-state index contributed by atoms with van der Waals surface area (Å²) in [5.74, 6) is 3.82. The van der Waals surface area contributed by atoms with Crippen molar-refractivity contribution < 1.29 is 14.2 Å². The average Bonchev–Trinajstić information content (AvgIpc) is 3.31. The normalized spacial score (nSPS) is 41.9. The molecular formula is C33H64N4O3. The largest absolute Gasteiger partial charge is 0.377 e. The van der Waals surface area contributed by atoms with Crippen molar-refractivity contribution in [2.75, 3.05) is 59.6 Å². The van der Waals surface area contributed by atoms with Gasteiger partial charge in [0.2, 0.25) is 0 Å². The molecule has 4 fully saturated rings. The van der Waals surface area contributed by atoms with E-state index >= 15 is 0 Å². The molecule has 0 radical (unpaired) electrons. The third kappa shape index (κ3) is 6.46. The summed E-state index contributed by atoms with van der Waals surface area (Å²) in [6.07, 6.45) is 11.9. The van der Waals surface area contributed by atoms with Crippen LogP contribution in [0.5, 0.6) is 0 Å². The van der Waals surface area contributed by atoms with Gasteiger partial charge in [0, 0.05) is 25.0 Å². The van der Waals surface area contributed by atoms with Crippen LogP contribution in [-0.4, -0.2) is 82.8 Å².